The van der Waals surface area contributed by atoms with E-state index < -0.39 is 17.8 Å². The Labute approximate surface area is 151 Å². The number of benzene rings is 1. The molecular formula is C16H12N6O5. The second kappa shape index (κ2) is 7.47. The summed E-state index contributed by atoms with van der Waals surface area (Å²) in [6.07, 6.45) is 1.24. The Morgan fingerprint density at radius 1 is 1.22 bits per heavy atom. The van der Waals surface area contributed by atoms with Crippen molar-refractivity contribution >= 4 is 23.4 Å². The quantitative estimate of drug-likeness (QED) is 0.513. The summed E-state index contributed by atoms with van der Waals surface area (Å²) in [7, 11) is 1.29. The molecule has 0 saturated heterocycles. The zero-order chi connectivity index (χ0) is 19.4. The molecule has 0 fully saturated rings. The third-order valence-electron chi connectivity index (χ3n) is 3.63. The minimum absolute atomic E-state index is 0.0945. The maximum absolute atomic E-state index is 12.4. The maximum atomic E-state index is 12.4. The van der Waals surface area contributed by atoms with E-state index in [-0.39, 0.29) is 23.6 Å². The number of fused-ring (bicyclic) bond motifs is 1. The molecule has 0 atom stereocenters. The Kier molecular flexibility index (Phi) is 4.92. The van der Waals surface area contributed by atoms with Crippen LogP contribution in [0.4, 0.5) is 0 Å². The SMILES string of the molecule is COC(=O)c1ccc(CNC(=O)c2cc(C(=O)N=O)n3nncc3n2)cc1. The van der Waals surface area contributed by atoms with Gasteiger partial charge < -0.3 is 10.1 Å². The van der Waals surface area contributed by atoms with E-state index in [1.807, 2.05) is 0 Å². The van der Waals surface area contributed by atoms with E-state index >= 15 is 0 Å². The fourth-order valence-corrected chi connectivity index (χ4v) is 2.29. The van der Waals surface area contributed by atoms with Crippen molar-refractivity contribution in [2.24, 2.45) is 5.18 Å². The van der Waals surface area contributed by atoms with E-state index in [2.05, 4.69) is 30.5 Å². The van der Waals surface area contributed by atoms with Gasteiger partial charge in [-0.1, -0.05) is 17.3 Å². The van der Waals surface area contributed by atoms with Crippen LogP contribution >= 0.6 is 0 Å². The van der Waals surface area contributed by atoms with Crippen molar-refractivity contribution in [2.45, 2.75) is 6.54 Å². The first-order valence-electron chi connectivity index (χ1n) is 7.58. The van der Waals surface area contributed by atoms with Gasteiger partial charge in [0, 0.05) is 17.8 Å². The van der Waals surface area contributed by atoms with Gasteiger partial charge in [-0.15, -0.1) is 10.0 Å². The van der Waals surface area contributed by atoms with Crippen LogP contribution in [0, 0.1) is 4.91 Å². The van der Waals surface area contributed by atoms with E-state index in [9.17, 15) is 19.3 Å². The molecule has 3 aromatic rings. The maximum Gasteiger partial charge on any atom is 0.337 e. The third-order valence-corrected chi connectivity index (χ3v) is 3.63. The van der Waals surface area contributed by atoms with Gasteiger partial charge in [0.15, 0.2) is 5.65 Å². The lowest BCUT2D eigenvalue weighted by atomic mass is 10.1. The summed E-state index contributed by atoms with van der Waals surface area (Å²) in [5.74, 6) is -2.13. The van der Waals surface area contributed by atoms with Crippen LogP contribution in [0.3, 0.4) is 0 Å². The van der Waals surface area contributed by atoms with Crippen LogP contribution in [0.2, 0.25) is 0 Å². The molecule has 0 aliphatic carbocycles. The highest BCUT2D eigenvalue weighted by Gasteiger charge is 2.18. The number of amides is 2. The Morgan fingerprint density at radius 2 is 1.96 bits per heavy atom. The van der Waals surface area contributed by atoms with Crippen LogP contribution in [0.25, 0.3) is 5.65 Å². The molecule has 27 heavy (non-hydrogen) atoms. The first-order chi connectivity index (χ1) is 13.0. The highest BCUT2D eigenvalue weighted by Crippen LogP contribution is 2.09. The second-order valence-corrected chi connectivity index (χ2v) is 5.30. The van der Waals surface area contributed by atoms with Gasteiger partial charge in [-0.05, 0) is 17.7 Å². The van der Waals surface area contributed by atoms with Crippen LogP contribution in [-0.2, 0) is 11.3 Å². The lowest BCUT2D eigenvalue weighted by Crippen LogP contribution is -2.25. The molecule has 0 unspecified atom stereocenters. The lowest BCUT2D eigenvalue weighted by Gasteiger charge is -2.07. The van der Waals surface area contributed by atoms with Crippen LogP contribution in [0.5, 0.6) is 0 Å². The van der Waals surface area contributed by atoms with Crippen LogP contribution < -0.4 is 5.32 Å². The Bertz CT molecular complexity index is 1040. The summed E-state index contributed by atoms with van der Waals surface area (Å²) in [5.41, 5.74) is 0.923. The first-order valence-corrected chi connectivity index (χ1v) is 7.58. The van der Waals surface area contributed by atoms with Crippen molar-refractivity contribution in [3.8, 4) is 0 Å². The zero-order valence-electron chi connectivity index (χ0n) is 13.9. The molecule has 11 nitrogen and oxygen atoms in total. The summed E-state index contributed by atoms with van der Waals surface area (Å²) >= 11 is 0. The molecular weight excluding hydrogens is 356 g/mol. The normalized spacial score (nSPS) is 10.4. The Balaban J connectivity index is 1.77. The molecule has 0 aliphatic heterocycles. The number of methoxy groups -OCH3 is 1. The minimum atomic E-state index is -1.10. The summed E-state index contributed by atoms with van der Waals surface area (Å²) < 4.78 is 5.63. The van der Waals surface area contributed by atoms with Crippen molar-refractivity contribution in [1.29, 1.82) is 0 Å². The minimum Gasteiger partial charge on any atom is -0.465 e. The Morgan fingerprint density at radius 3 is 2.63 bits per heavy atom. The monoisotopic (exact) mass is 368 g/mol. The van der Waals surface area contributed by atoms with Crippen LogP contribution in [-0.4, -0.2) is 44.7 Å². The lowest BCUT2D eigenvalue weighted by molar-refractivity contribution is 0.0600. The number of nitrogens with zero attached hydrogens (tertiary/aromatic N) is 5. The molecule has 0 spiro atoms. The number of nitrogens with one attached hydrogen (secondary N) is 1. The molecule has 136 valence electrons. The first kappa shape index (κ1) is 17.8. The van der Waals surface area contributed by atoms with Gasteiger partial charge in [-0.2, -0.15) is 4.52 Å². The van der Waals surface area contributed by atoms with Gasteiger partial charge in [0.25, 0.3) is 5.91 Å². The predicted octanol–water partition coefficient (Wildman–Crippen LogP) is 0.747. The fraction of sp³-hybridized carbons (Fsp3) is 0.125. The van der Waals surface area contributed by atoms with E-state index in [0.29, 0.717) is 5.56 Å². The van der Waals surface area contributed by atoms with Gasteiger partial charge in [-0.25, -0.2) is 9.78 Å². The number of hydrogen-bond acceptors (Lipinski definition) is 8. The number of aromatic nitrogens is 4. The molecule has 1 aromatic carbocycles. The second-order valence-electron chi connectivity index (χ2n) is 5.30. The zero-order valence-corrected chi connectivity index (χ0v) is 13.9. The molecule has 2 amide bonds. The summed E-state index contributed by atoms with van der Waals surface area (Å²) in [6, 6.07) is 7.58. The van der Waals surface area contributed by atoms with Gasteiger partial charge >= 0.3 is 11.9 Å². The molecule has 0 radical (unpaired) electrons. The molecule has 0 bridgehead atoms. The van der Waals surface area contributed by atoms with Gasteiger partial charge in [0.05, 0.1) is 18.9 Å². The van der Waals surface area contributed by atoms with Crippen LogP contribution in [0.15, 0.2) is 41.7 Å². The molecule has 0 saturated carbocycles. The van der Waals surface area contributed by atoms with Crippen molar-refractivity contribution in [3.05, 3.63) is 64.0 Å². The van der Waals surface area contributed by atoms with E-state index in [1.54, 1.807) is 24.3 Å². The van der Waals surface area contributed by atoms with E-state index in [4.69, 9.17) is 0 Å². The molecule has 2 aromatic heterocycles. The van der Waals surface area contributed by atoms with Crippen molar-refractivity contribution in [2.75, 3.05) is 7.11 Å². The molecule has 1 N–H and O–H groups in total. The smallest absolute Gasteiger partial charge is 0.337 e. The molecule has 11 heteroatoms. The number of hydrogen-bond donors (Lipinski definition) is 1. The van der Waals surface area contributed by atoms with Crippen molar-refractivity contribution in [3.63, 3.8) is 0 Å². The summed E-state index contributed by atoms with van der Waals surface area (Å²) in [4.78, 5) is 50.0. The number of carbonyl (C=O) groups is 3. The summed E-state index contributed by atoms with van der Waals surface area (Å²) in [5, 5.41) is 12.2. The third kappa shape index (κ3) is 3.66. The topological polar surface area (TPSA) is 145 Å². The van der Waals surface area contributed by atoms with Gasteiger partial charge in [0.2, 0.25) is 0 Å². The van der Waals surface area contributed by atoms with Crippen LogP contribution in [0.1, 0.15) is 36.9 Å². The molecule has 3 rings (SSSR count). The standard InChI is InChI=1S/C16H12N6O5/c1-27-16(25)10-4-2-9(3-5-10)7-17-14(23)11-6-12(15(24)20-26)22-13(19-11)8-18-21-22/h2-6,8H,7H2,1H3,(H,17,23). The summed E-state index contributed by atoms with van der Waals surface area (Å²) in [6.45, 7) is 0.153. The van der Waals surface area contributed by atoms with Gasteiger partial charge in [0.1, 0.15) is 11.4 Å². The Hall–Kier alpha value is -4.02. The molecule has 0 aliphatic rings. The van der Waals surface area contributed by atoms with Crippen molar-refractivity contribution in [1.82, 2.24) is 25.1 Å². The number of carbonyl (C=O) groups excluding carboxylic acids is 3. The average Bonchev–Trinajstić information content (AvgIpc) is 3.19. The highest BCUT2D eigenvalue weighted by atomic mass is 16.5. The van der Waals surface area contributed by atoms with Crippen molar-refractivity contribution < 1.29 is 19.1 Å². The molecule has 2 heterocycles. The fourth-order valence-electron chi connectivity index (χ4n) is 2.29. The highest BCUT2D eigenvalue weighted by molar-refractivity contribution is 5.98. The number of ether oxygens (including phenoxy) is 1. The average molecular weight is 368 g/mol. The predicted molar refractivity (Wildman–Crippen MR) is 89.9 cm³/mol. The van der Waals surface area contributed by atoms with E-state index in [1.165, 1.54) is 13.3 Å². The largest absolute Gasteiger partial charge is 0.465 e. The van der Waals surface area contributed by atoms with E-state index in [0.717, 1.165) is 16.1 Å². The number of esters is 1. The van der Waals surface area contributed by atoms with Gasteiger partial charge in [-0.3, -0.25) is 9.59 Å². The number of nitroso groups, excluding NO2 is 1. The number of rotatable bonds is 5.